The lowest BCUT2D eigenvalue weighted by Gasteiger charge is -2.53. The van der Waals surface area contributed by atoms with Crippen LogP contribution in [0.5, 0.6) is 0 Å². The minimum atomic E-state index is -3.38. The molecule has 0 bridgehead atoms. The van der Waals surface area contributed by atoms with Crippen molar-refractivity contribution in [2.45, 2.75) is 142 Å². The SMILES string of the molecule is CC(=O)N[C@H]1[C@H]([C@@H](O)[C@@H](CO)[C@]2(C(=O)O)C[C@H](O)[C@@H](NC(C)=O)[C@H]([C@H](O)[C@H](O)CO)O2)O[C@@](O[C@H](CO)[C@@H](O)[C@@H]2O[C@](O)(C(=O)O)C[C@H](O)[C@H]2NC(C)=O)(C(=O)O)C[C@@H]1O. The molecule has 3 rings (SSSR count). The van der Waals surface area contributed by atoms with Crippen LogP contribution in [0.3, 0.4) is 0 Å². The Morgan fingerprint density at radius 3 is 1.45 bits per heavy atom. The first kappa shape index (κ1) is 50.6. The third-order valence-corrected chi connectivity index (χ3v) is 10.6. The van der Waals surface area contributed by atoms with Gasteiger partial charge < -0.3 is 106 Å². The van der Waals surface area contributed by atoms with Gasteiger partial charge in [0.25, 0.3) is 11.6 Å². The topological polar surface area (TPSA) is 459 Å². The molecule has 0 unspecified atom stereocenters. The van der Waals surface area contributed by atoms with E-state index in [0.717, 1.165) is 20.8 Å². The van der Waals surface area contributed by atoms with Gasteiger partial charge in [0.05, 0.1) is 68.3 Å². The summed E-state index contributed by atoms with van der Waals surface area (Å²) in [6.07, 6.45) is -28.3. The van der Waals surface area contributed by atoms with Crippen molar-refractivity contribution < 1.29 is 119 Å². The van der Waals surface area contributed by atoms with Gasteiger partial charge in [0.2, 0.25) is 17.7 Å². The van der Waals surface area contributed by atoms with Crippen molar-refractivity contribution in [2.75, 3.05) is 19.8 Å². The van der Waals surface area contributed by atoms with Gasteiger partial charge >= 0.3 is 17.9 Å². The molecule has 3 aliphatic rings. The molecule has 3 amide bonds. The van der Waals surface area contributed by atoms with E-state index in [1.807, 2.05) is 0 Å². The maximum Gasteiger partial charge on any atom is 0.364 e. The third-order valence-electron chi connectivity index (χ3n) is 10.6. The van der Waals surface area contributed by atoms with Crippen LogP contribution in [0.25, 0.3) is 0 Å². The number of carbonyl (C=O) groups excluding carboxylic acids is 3. The monoisotopic (exact) mass is 875 g/mol. The highest BCUT2D eigenvalue weighted by Gasteiger charge is 2.64. The van der Waals surface area contributed by atoms with Gasteiger partial charge in [-0.25, -0.2) is 14.4 Å². The van der Waals surface area contributed by atoms with Crippen LogP contribution in [0.1, 0.15) is 40.0 Å². The Kier molecular flexibility index (Phi) is 16.8. The Morgan fingerprint density at radius 2 is 1.05 bits per heavy atom. The number of hydrogen-bond acceptors (Lipinski definition) is 21. The fourth-order valence-corrected chi connectivity index (χ4v) is 7.74. The minimum absolute atomic E-state index is 0.853. The molecule has 344 valence electrons. The Labute approximate surface area is 339 Å². The number of nitrogens with one attached hydrogen (secondary N) is 3. The van der Waals surface area contributed by atoms with Crippen LogP contribution in [0.4, 0.5) is 0 Å². The van der Waals surface area contributed by atoms with Crippen LogP contribution in [0, 0.1) is 5.92 Å². The normalized spacial score (nSPS) is 37.6. The zero-order valence-electron chi connectivity index (χ0n) is 32.2. The summed E-state index contributed by atoms with van der Waals surface area (Å²) >= 11 is 0. The number of carbonyl (C=O) groups is 6. The molecule has 18 atom stereocenters. The minimum Gasteiger partial charge on any atom is -0.479 e. The summed E-state index contributed by atoms with van der Waals surface area (Å²) in [4.78, 5) is 74.3. The van der Waals surface area contributed by atoms with Crippen molar-refractivity contribution in [1.82, 2.24) is 16.0 Å². The average molecular weight is 876 g/mol. The molecule has 3 aliphatic heterocycles. The van der Waals surface area contributed by atoms with Gasteiger partial charge in [-0.05, 0) is 0 Å². The van der Waals surface area contributed by atoms with E-state index in [1.54, 1.807) is 0 Å². The second kappa shape index (κ2) is 19.9. The molecule has 60 heavy (non-hydrogen) atoms. The van der Waals surface area contributed by atoms with Crippen molar-refractivity contribution in [1.29, 1.82) is 0 Å². The molecule has 0 aromatic carbocycles. The molecule has 27 nitrogen and oxygen atoms in total. The molecular weight excluding hydrogens is 822 g/mol. The van der Waals surface area contributed by atoms with E-state index >= 15 is 0 Å². The molecule has 3 heterocycles. The van der Waals surface area contributed by atoms with Gasteiger partial charge in [-0.15, -0.1) is 0 Å². The van der Waals surface area contributed by atoms with Crippen LogP contribution >= 0.6 is 0 Å². The third kappa shape index (κ3) is 10.5. The lowest BCUT2D eigenvalue weighted by Crippen LogP contribution is -2.73. The maximum atomic E-state index is 13.1. The highest BCUT2D eigenvalue weighted by molar-refractivity contribution is 5.79. The second-order valence-corrected chi connectivity index (χ2v) is 14.9. The predicted molar refractivity (Wildman–Crippen MR) is 186 cm³/mol. The van der Waals surface area contributed by atoms with Gasteiger partial charge in [0.15, 0.2) is 5.60 Å². The van der Waals surface area contributed by atoms with Crippen molar-refractivity contribution in [3.8, 4) is 0 Å². The van der Waals surface area contributed by atoms with Crippen molar-refractivity contribution in [2.24, 2.45) is 5.92 Å². The average Bonchev–Trinajstić information content (AvgIpc) is 3.15. The van der Waals surface area contributed by atoms with Crippen LogP contribution in [0.2, 0.25) is 0 Å². The summed E-state index contributed by atoms with van der Waals surface area (Å²) < 4.78 is 22.1. The standard InChI is InChI=1S/C33H53N3O24/c1-10(40)34-19-14(43)4-31(28(50)51,58-26(19)23(48)17(46)8-38)13(7-37)22(47)25-21(36-12(3)42)16(45)6-33(60-25,30(54)55)57-18(9-39)24(49)27-20(35-11(2)41)15(44)5-32(56,59-27)29(52)53/h13-27,37-39,43-49,56H,4-9H2,1-3H3,(H,34,40)(H,35,41)(H,36,42)(H,50,51)(H,52,53)(H,54,55)/t13-,14+,15+,16+,17-,18-,19-,20-,21-,22+,23-,24-,25-,26-,27-,31+,32+,33-/m1/s1. The molecule has 0 saturated carbocycles. The molecule has 0 aromatic heterocycles. The van der Waals surface area contributed by atoms with Crippen LogP contribution in [-0.2, 0) is 47.7 Å². The highest BCUT2D eigenvalue weighted by Crippen LogP contribution is 2.43. The summed E-state index contributed by atoms with van der Waals surface area (Å²) in [6.45, 7) is -1.27. The highest BCUT2D eigenvalue weighted by atomic mass is 16.7. The molecule has 3 saturated heterocycles. The summed E-state index contributed by atoms with van der Waals surface area (Å²) in [5, 5.41) is 156. The van der Waals surface area contributed by atoms with Gasteiger partial charge in [0.1, 0.15) is 42.7 Å². The Bertz CT molecular complexity index is 1570. The first-order valence-corrected chi connectivity index (χ1v) is 18.3. The molecule has 0 aliphatic carbocycles. The number of aliphatic carboxylic acids is 3. The van der Waals surface area contributed by atoms with E-state index in [4.69, 9.17) is 18.9 Å². The van der Waals surface area contributed by atoms with E-state index in [2.05, 4.69) is 16.0 Å². The number of aliphatic hydroxyl groups is 11. The molecule has 0 aromatic rings. The van der Waals surface area contributed by atoms with E-state index < -0.39 is 183 Å². The second-order valence-electron chi connectivity index (χ2n) is 14.9. The lowest BCUT2D eigenvalue weighted by atomic mass is 9.72. The number of hydrogen-bond donors (Lipinski definition) is 17. The van der Waals surface area contributed by atoms with E-state index in [9.17, 15) is 100 Å². The smallest absolute Gasteiger partial charge is 0.364 e. The fraction of sp³-hybridized carbons (Fsp3) is 0.818. The summed E-state index contributed by atoms with van der Waals surface area (Å²) in [5.41, 5.74) is -3.09. The Morgan fingerprint density at radius 1 is 0.600 bits per heavy atom. The molecule has 27 heteroatoms. The van der Waals surface area contributed by atoms with Crippen molar-refractivity contribution in [3.05, 3.63) is 0 Å². The van der Waals surface area contributed by atoms with E-state index in [-0.39, 0.29) is 0 Å². The largest absolute Gasteiger partial charge is 0.479 e. The van der Waals surface area contributed by atoms with E-state index in [0.29, 0.717) is 0 Å². The summed E-state index contributed by atoms with van der Waals surface area (Å²) in [6, 6.07) is -5.40. The summed E-state index contributed by atoms with van der Waals surface area (Å²) in [5.74, 6) is -18.0. The van der Waals surface area contributed by atoms with Crippen LogP contribution in [0.15, 0.2) is 0 Å². The van der Waals surface area contributed by atoms with Gasteiger partial charge in [-0.3, -0.25) is 14.4 Å². The Balaban J connectivity index is 2.16. The van der Waals surface area contributed by atoms with Crippen LogP contribution in [-0.4, -0.2) is 229 Å². The maximum absolute atomic E-state index is 13.1. The zero-order chi connectivity index (χ0) is 45.8. The summed E-state index contributed by atoms with van der Waals surface area (Å²) in [7, 11) is 0. The van der Waals surface area contributed by atoms with Gasteiger partial charge in [-0.2, -0.15) is 0 Å². The van der Waals surface area contributed by atoms with Gasteiger partial charge in [0, 0.05) is 40.0 Å². The number of ether oxygens (including phenoxy) is 4. The first-order chi connectivity index (χ1) is 27.8. The fourth-order valence-electron chi connectivity index (χ4n) is 7.74. The zero-order valence-corrected chi connectivity index (χ0v) is 32.2. The molecule has 3 fully saturated rings. The van der Waals surface area contributed by atoms with Crippen molar-refractivity contribution in [3.63, 3.8) is 0 Å². The quantitative estimate of drug-likeness (QED) is 0.0608. The van der Waals surface area contributed by atoms with Crippen LogP contribution < -0.4 is 16.0 Å². The molecule has 0 spiro atoms. The number of amides is 3. The lowest BCUT2D eigenvalue weighted by molar-refractivity contribution is -0.345. The molecule has 17 N–H and O–H groups in total. The first-order valence-electron chi connectivity index (χ1n) is 18.3. The number of carboxylic acid groups (broad SMARTS) is 3. The Hall–Kier alpha value is -3.78. The van der Waals surface area contributed by atoms with Crippen molar-refractivity contribution >= 4 is 35.6 Å². The van der Waals surface area contributed by atoms with E-state index in [1.165, 1.54) is 0 Å². The molecule has 0 radical (unpaired) electrons. The predicted octanol–water partition coefficient (Wildman–Crippen LogP) is -9.25. The number of aliphatic hydroxyl groups excluding tert-OH is 10. The number of carboxylic acids is 3. The number of rotatable bonds is 18. The molecular formula is C33H53N3O24. The van der Waals surface area contributed by atoms with Gasteiger partial charge in [-0.1, -0.05) is 0 Å².